The first-order valence-corrected chi connectivity index (χ1v) is 8.36. The second-order valence-electron chi connectivity index (χ2n) is 6.95. The Labute approximate surface area is 138 Å². The lowest BCUT2D eigenvalue weighted by molar-refractivity contribution is 0.196. The first kappa shape index (κ1) is 17.6. The van der Waals surface area contributed by atoms with E-state index in [2.05, 4.69) is 24.5 Å². The van der Waals surface area contributed by atoms with Gasteiger partial charge in [-0.25, -0.2) is 4.79 Å². The number of urea groups is 1. The number of aliphatic hydroxyl groups is 1. The summed E-state index contributed by atoms with van der Waals surface area (Å²) < 4.78 is 5.47. The lowest BCUT2D eigenvalue weighted by Crippen LogP contribution is -2.44. The lowest BCUT2D eigenvalue weighted by atomic mass is 9.76. The molecule has 1 aliphatic carbocycles. The fourth-order valence-electron chi connectivity index (χ4n) is 2.90. The van der Waals surface area contributed by atoms with Crippen molar-refractivity contribution in [3.8, 4) is 5.75 Å². The van der Waals surface area contributed by atoms with Gasteiger partial charge in [0, 0.05) is 18.2 Å². The maximum Gasteiger partial charge on any atom is 0.315 e. The van der Waals surface area contributed by atoms with Crippen LogP contribution in [-0.4, -0.2) is 30.4 Å². The van der Waals surface area contributed by atoms with E-state index in [-0.39, 0.29) is 25.3 Å². The van der Waals surface area contributed by atoms with Crippen LogP contribution < -0.4 is 15.4 Å². The van der Waals surface area contributed by atoms with Gasteiger partial charge in [-0.1, -0.05) is 32.0 Å². The Kier molecular flexibility index (Phi) is 6.28. The van der Waals surface area contributed by atoms with Gasteiger partial charge in [0.1, 0.15) is 12.4 Å². The van der Waals surface area contributed by atoms with E-state index in [1.54, 1.807) is 0 Å². The van der Waals surface area contributed by atoms with Crippen LogP contribution >= 0.6 is 0 Å². The van der Waals surface area contributed by atoms with Crippen molar-refractivity contribution in [2.45, 2.75) is 52.1 Å². The van der Waals surface area contributed by atoms with Gasteiger partial charge in [0.25, 0.3) is 0 Å². The van der Waals surface area contributed by atoms with Gasteiger partial charge in [-0.2, -0.15) is 0 Å². The maximum absolute atomic E-state index is 12.1. The molecule has 1 saturated carbocycles. The van der Waals surface area contributed by atoms with Crippen molar-refractivity contribution in [3.05, 3.63) is 29.8 Å². The molecular formula is C18H28N2O3. The molecular weight excluding hydrogens is 292 g/mol. The minimum absolute atomic E-state index is 0.0275. The zero-order valence-corrected chi connectivity index (χ0v) is 14.1. The fourth-order valence-corrected chi connectivity index (χ4v) is 2.90. The molecule has 2 rings (SSSR count). The summed E-state index contributed by atoms with van der Waals surface area (Å²) in [6, 6.07) is 7.67. The van der Waals surface area contributed by atoms with E-state index < -0.39 is 0 Å². The number of amides is 2. The predicted molar refractivity (Wildman–Crippen MR) is 90.4 cm³/mol. The van der Waals surface area contributed by atoms with Crippen LogP contribution in [0.4, 0.5) is 4.79 Å². The standard InChI is InChI=1S/C18H28N2O3/c1-18(2)9-7-15(8-10-18)20-17(22)19-13-14-5-3-4-6-16(14)23-12-11-21/h3-6,15,21H,7-13H2,1-2H3,(H2,19,20,22). The highest BCUT2D eigenvalue weighted by Crippen LogP contribution is 2.34. The molecule has 128 valence electrons. The highest BCUT2D eigenvalue weighted by molar-refractivity contribution is 5.74. The van der Waals surface area contributed by atoms with Crippen LogP contribution in [-0.2, 0) is 6.54 Å². The number of ether oxygens (including phenoxy) is 1. The predicted octanol–water partition coefficient (Wildman–Crippen LogP) is 2.83. The number of nitrogens with one attached hydrogen (secondary N) is 2. The number of aliphatic hydroxyl groups excluding tert-OH is 1. The highest BCUT2D eigenvalue weighted by Gasteiger charge is 2.27. The van der Waals surface area contributed by atoms with Gasteiger partial charge < -0.3 is 20.5 Å². The zero-order valence-electron chi connectivity index (χ0n) is 14.1. The smallest absolute Gasteiger partial charge is 0.315 e. The van der Waals surface area contributed by atoms with Crippen molar-refractivity contribution in [3.63, 3.8) is 0 Å². The number of carbonyl (C=O) groups excluding carboxylic acids is 1. The van der Waals surface area contributed by atoms with Gasteiger partial charge in [0.2, 0.25) is 0 Å². The van der Waals surface area contributed by atoms with E-state index in [1.165, 1.54) is 0 Å². The Morgan fingerprint density at radius 2 is 2.00 bits per heavy atom. The Morgan fingerprint density at radius 1 is 1.30 bits per heavy atom. The van der Waals surface area contributed by atoms with Crippen molar-refractivity contribution >= 4 is 6.03 Å². The number of hydrogen-bond acceptors (Lipinski definition) is 3. The second kappa shape index (κ2) is 8.20. The minimum Gasteiger partial charge on any atom is -0.491 e. The van der Waals surface area contributed by atoms with Gasteiger partial charge >= 0.3 is 6.03 Å². The van der Waals surface area contributed by atoms with E-state index in [0.29, 0.717) is 17.7 Å². The molecule has 1 aliphatic rings. The third-order valence-electron chi connectivity index (χ3n) is 4.44. The summed E-state index contributed by atoms with van der Waals surface area (Å²) in [5, 5.41) is 14.8. The number of rotatable bonds is 6. The summed E-state index contributed by atoms with van der Waals surface area (Å²) in [6.45, 7) is 5.20. The molecule has 0 saturated heterocycles. The Hall–Kier alpha value is -1.75. The van der Waals surface area contributed by atoms with Crippen molar-refractivity contribution in [1.29, 1.82) is 0 Å². The second-order valence-corrected chi connectivity index (χ2v) is 6.95. The van der Waals surface area contributed by atoms with Crippen LogP contribution in [0, 0.1) is 5.41 Å². The van der Waals surface area contributed by atoms with Gasteiger partial charge in [-0.15, -0.1) is 0 Å². The number of para-hydroxylation sites is 1. The molecule has 0 bridgehead atoms. The van der Waals surface area contributed by atoms with Crippen molar-refractivity contribution < 1.29 is 14.6 Å². The molecule has 0 aliphatic heterocycles. The highest BCUT2D eigenvalue weighted by atomic mass is 16.5. The number of benzene rings is 1. The van der Waals surface area contributed by atoms with E-state index >= 15 is 0 Å². The average molecular weight is 320 g/mol. The molecule has 0 spiro atoms. The van der Waals surface area contributed by atoms with E-state index in [0.717, 1.165) is 31.2 Å². The van der Waals surface area contributed by atoms with Gasteiger partial charge in [0.05, 0.1) is 6.61 Å². The summed E-state index contributed by atoms with van der Waals surface area (Å²) in [5.41, 5.74) is 1.30. The van der Waals surface area contributed by atoms with Gasteiger partial charge in [-0.05, 0) is 37.2 Å². The van der Waals surface area contributed by atoms with E-state index in [4.69, 9.17) is 9.84 Å². The molecule has 0 aromatic heterocycles. The van der Waals surface area contributed by atoms with Crippen molar-refractivity contribution in [2.75, 3.05) is 13.2 Å². The van der Waals surface area contributed by atoms with Crippen LogP contribution in [0.2, 0.25) is 0 Å². The van der Waals surface area contributed by atoms with Crippen molar-refractivity contribution in [2.24, 2.45) is 5.41 Å². The third-order valence-corrected chi connectivity index (χ3v) is 4.44. The van der Waals surface area contributed by atoms with Gasteiger partial charge in [-0.3, -0.25) is 0 Å². The third kappa shape index (κ3) is 5.75. The van der Waals surface area contributed by atoms with Crippen LogP contribution in [0.1, 0.15) is 45.1 Å². The Bertz CT molecular complexity index is 507. The zero-order chi connectivity index (χ0) is 16.7. The first-order chi connectivity index (χ1) is 11.0. The lowest BCUT2D eigenvalue weighted by Gasteiger charge is -2.34. The Morgan fingerprint density at radius 3 is 2.70 bits per heavy atom. The monoisotopic (exact) mass is 320 g/mol. The molecule has 5 heteroatoms. The summed E-state index contributed by atoms with van der Waals surface area (Å²) in [6.07, 6.45) is 4.37. The number of carbonyl (C=O) groups is 1. The minimum atomic E-state index is -0.133. The topological polar surface area (TPSA) is 70.6 Å². The van der Waals surface area contributed by atoms with Crippen molar-refractivity contribution in [1.82, 2.24) is 10.6 Å². The molecule has 3 N–H and O–H groups in total. The molecule has 1 aromatic rings. The number of hydrogen-bond donors (Lipinski definition) is 3. The average Bonchev–Trinajstić information content (AvgIpc) is 2.54. The van der Waals surface area contributed by atoms with E-state index in [9.17, 15) is 4.79 Å². The molecule has 0 heterocycles. The van der Waals surface area contributed by atoms with Crippen LogP contribution in [0.3, 0.4) is 0 Å². The molecule has 23 heavy (non-hydrogen) atoms. The maximum atomic E-state index is 12.1. The van der Waals surface area contributed by atoms with Crippen LogP contribution in [0.15, 0.2) is 24.3 Å². The van der Waals surface area contributed by atoms with Gasteiger partial charge in [0.15, 0.2) is 0 Å². The summed E-state index contributed by atoms with van der Waals surface area (Å²) >= 11 is 0. The summed E-state index contributed by atoms with van der Waals surface area (Å²) in [7, 11) is 0. The molecule has 1 aromatic carbocycles. The normalized spacial score (nSPS) is 17.5. The molecule has 0 radical (unpaired) electrons. The molecule has 5 nitrogen and oxygen atoms in total. The van der Waals surface area contributed by atoms with Crippen LogP contribution in [0.5, 0.6) is 5.75 Å². The Balaban J connectivity index is 1.78. The first-order valence-electron chi connectivity index (χ1n) is 8.36. The SMILES string of the molecule is CC1(C)CCC(NC(=O)NCc2ccccc2OCCO)CC1. The van der Waals surface area contributed by atoms with E-state index in [1.807, 2.05) is 24.3 Å². The quantitative estimate of drug-likeness (QED) is 0.755. The molecule has 0 unspecified atom stereocenters. The fraction of sp³-hybridized carbons (Fsp3) is 0.611. The molecule has 0 atom stereocenters. The summed E-state index contributed by atoms with van der Waals surface area (Å²) in [4.78, 5) is 12.1. The van der Waals surface area contributed by atoms with Crippen LogP contribution in [0.25, 0.3) is 0 Å². The largest absolute Gasteiger partial charge is 0.491 e. The summed E-state index contributed by atoms with van der Waals surface area (Å²) in [5.74, 6) is 0.696. The molecule has 1 fully saturated rings. The molecule has 2 amide bonds.